The molecule has 7 heteroatoms. The van der Waals surface area contributed by atoms with Crippen LogP contribution in [0.2, 0.25) is 0 Å². The predicted octanol–water partition coefficient (Wildman–Crippen LogP) is 2.98. The van der Waals surface area contributed by atoms with E-state index in [-0.39, 0.29) is 13.0 Å². The Hall–Kier alpha value is -0.980. The summed E-state index contributed by atoms with van der Waals surface area (Å²) in [6, 6.07) is 1.67. The lowest BCUT2D eigenvalue weighted by Crippen LogP contribution is -2.42. The minimum atomic E-state index is -4.12. The molecule has 2 heterocycles. The summed E-state index contributed by atoms with van der Waals surface area (Å²) >= 11 is 1.38. The second-order valence-electron chi connectivity index (χ2n) is 4.23. The normalized spacial score (nSPS) is 21.1. The molecule has 0 saturated carbocycles. The van der Waals surface area contributed by atoms with Crippen LogP contribution in [0.5, 0.6) is 0 Å². The van der Waals surface area contributed by atoms with Crippen molar-refractivity contribution in [2.75, 3.05) is 24.2 Å². The fourth-order valence-electron chi connectivity index (χ4n) is 2.06. The van der Waals surface area contributed by atoms with Crippen molar-refractivity contribution < 1.29 is 13.2 Å². The molecule has 1 unspecified atom stereocenters. The van der Waals surface area contributed by atoms with Gasteiger partial charge in [0.2, 0.25) is 0 Å². The first-order valence-electron chi connectivity index (χ1n) is 5.69. The summed E-state index contributed by atoms with van der Waals surface area (Å²) in [5.41, 5.74) is 0. The number of rotatable bonds is 2. The van der Waals surface area contributed by atoms with Crippen LogP contribution in [0, 0.1) is 5.92 Å². The lowest BCUT2D eigenvalue weighted by atomic mass is 9.97. The zero-order chi connectivity index (χ0) is 13.2. The summed E-state index contributed by atoms with van der Waals surface area (Å²) in [6.45, 7) is 0.617. The second kappa shape index (κ2) is 5.34. The van der Waals surface area contributed by atoms with E-state index in [1.807, 2.05) is 6.26 Å². The van der Waals surface area contributed by atoms with Crippen molar-refractivity contribution in [2.24, 2.45) is 5.92 Å². The number of hydrogen-bond donors (Lipinski definition) is 0. The third kappa shape index (κ3) is 3.07. The van der Waals surface area contributed by atoms with Crippen molar-refractivity contribution in [1.29, 1.82) is 0 Å². The quantitative estimate of drug-likeness (QED) is 0.614. The number of aromatic nitrogens is 2. The zero-order valence-corrected chi connectivity index (χ0v) is 10.8. The average molecular weight is 277 g/mol. The Morgan fingerprint density at radius 2 is 2.22 bits per heavy atom. The molecule has 100 valence electrons. The highest BCUT2D eigenvalue weighted by atomic mass is 32.2. The summed E-state index contributed by atoms with van der Waals surface area (Å²) in [5.74, 6) is -0.665. The largest absolute Gasteiger partial charge is 0.393 e. The van der Waals surface area contributed by atoms with E-state index in [9.17, 15) is 13.2 Å². The van der Waals surface area contributed by atoms with Crippen LogP contribution in [-0.2, 0) is 0 Å². The molecule has 18 heavy (non-hydrogen) atoms. The Kier molecular flexibility index (Phi) is 3.99. The molecule has 0 aromatic carbocycles. The van der Waals surface area contributed by atoms with Gasteiger partial charge in [-0.1, -0.05) is 11.8 Å². The van der Waals surface area contributed by atoms with Crippen molar-refractivity contribution in [3.8, 4) is 0 Å². The van der Waals surface area contributed by atoms with E-state index in [1.165, 1.54) is 11.8 Å². The van der Waals surface area contributed by atoms with E-state index in [0.29, 0.717) is 23.9 Å². The van der Waals surface area contributed by atoms with Gasteiger partial charge in [0.25, 0.3) is 0 Å². The molecule has 2 rings (SSSR count). The van der Waals surface area contributed by atoms with Gasteiger partial charge in [0.05, 0.1) is 5.92 Å². The number of thioether (sulfide) groups is 1. The van der Waals surface area contributed by atoms with Crippen LogP contribution in [0.3, 0.4) is 0 Å². The number of halogens is 3. The summed E-state index contributed by atoms with van der Waals surface area (Å²) in [6.07, 6.45) is 0.0660. The van der Waals surface area contributed by atoms with Gasteiger partial charge in [-0.15, -0.1) is 0 Å². The van der Waals surface area contributed by atoms with Gasteiger partial charge in [-0.3, -0.25) is 0 Å². The van der Waals surface area contributed by atoms with Crippen molar-refractivity contribution in [1.82, 2.24) is 9.97 Å². The van der Waals surface area contributed by atoms with Gasteiger partial charge in [-0.05, 0) is 25.2 Å². The number of alkyl halides is 3. The summed E-state index contributed by atoms with van der Waals surface area (Å²) in [4.78, 5) is 9.96. The molecule has 0 spiro atoms. The standard InChI is InChI=1S/C11H14F3N3S/c1-18-10-15-5-4-9(16-10)17-6-2-3-8(7-17)11(12,13)14/h4-5,8H,2-3,6-7H2,1H3. The van der Waals surface area contributed by atoms with Crippen LogP contribution < -0.4 is 4.90 Å². The molecule has 3 nitrogen and oxygen atoms in total. The fourth-order valence-corrected chi connectivity index (χ4v) is 2.41. The van der Waals surface area contributed by atoms with Crippen molar-refractivity contribution in [3.63, 3.8) is 0 Å². The molecule has 1 aliphatic heterocycles. The molecule has 0 radical (unpaired) electrons. The third-order valence-corrected chi connectivity index (χ3v) is 3.57. The van der Waals surface area contributed by atoms with Crippen LogP contribution in [0.25, 0.3) is 0 Å². The van der Waals surface area contributed by atoms with E-state index < -0.39 is 12.1 Å². The highest BCUT2D eigenvalue weighted by Gasteiger charge is 2.42. The Balaban J connectivity index is 2.13. The maximum atomic E-state index is 12.7. The highest BCUT2D eigenvalue weighted by Crippen LogP contribution is 2.34. The smallest absolute Gasteiger partial charge is 0.356 e. The van der Waals surface area contributed by atoms with Gasteiger partial charge in [0, 0.05) is 19.3 Å². The van der Waals surface area contributed by atoms with E-state index in [2.05, 4.69) is 9.97 Å². The van der Waals surface area contributed by atoms with E-state index in [4.69, 9.17) is 0 Å². The van der Waals surface area contributed by atoms with Gasteiger partial charge >= 0.3 is 6.18 Å². The molecular formula is C11H14F3N3S. The molecule has 1 atom stereocenters. The van der Waals surface area contributed by atoms with Gasteiger partial charge in [-0.25, -0.2) is 9.97 Å². The number of anilines is 1. The predicted molar refractivity (Wildman–Crippen MR) is 64.8 cm³/mol. The molecule has 0 N–H and O–H groups in total. The molecule has 1 fully saturated rings. The third-order valence-electron chi connectivity index (χ3n) is 3.01. The molecule has 1 aromatic rings. The van der Waals surface area contributed by atoms with E-state index in [1.54, 1.807) is 17.2 Å². The highest BCUT2D eigenvalue weighted by molar-refractivity contribution is 7.98. The molecule has 1 saturated heterocycles. The Morgan fingerprint density at radius 1 is 1.44 bits per heavy atom. The molecule has 0 amide bonds. The number of nitrogens with zero attached hydrogens (tertiary/aromatic N) is 3. The first kappa shape index (κ1) is 13.5. The van der Waals surface area contributed by atoms with E-state index in [0.717, 1.165) is 0 Å². The Morgan fingerprint density at radius 3 is 2.89 bits per heavy atom. The van der Waals surface area contributed by atoms with E-state index >= 15 is 0 Å². The Labute approximate surface area is 108 Å². The van der Waals surface area contributed by atoms with Crippen LogP contribution in [0.1, 0.15) is 12.8 Å². The Bertz CT molecular complexity index is 411. The fraction of sp³-hybridized carbons (Fsp3) is 0.636. The average Bonchev–Trinajstić information content (AvgIpc) is 2.38. The molecule has 1 aromatic heterocycles. The van der Waals surface area contributed by atoms with Gasteiger partial charge in [0.1, 0.15) is 5.82 Å². The lowest BCUT2D eigenvalue weighted by molar-refractivity contribution is -0.176. The van der Waals surface area contributed by atoms with Crippen LogP contribution in [0.4, 0.5) is 19.0 Å². The van der Waals surface area contributed by atoms with Gasteiger partial charge in [-0.2, -0.15) is 13.2 Å². The van der Waals surface area contributed by atoms with Gasteiger partial charge < -0.3 is 4.90 Å². The molecular weight excluding hydrogens is 263 g/mol. The van der Waals surface area contributed by atoms with Crippen LogP contribution in [0.15, 0.2) is 17.4 Å². The molecule has 0 aliphatic carbocycles. The summed E-state index contributed by atoms with van der Waals surface area (Å²) < 4.78 is 38.1. The maximum absolute atomic E-state index is 12.7. The van der Waals surface area contributed by atoms with Crippen molar-refractivity contribution >= 4 is 17.6 Å². The molecule has 0 bridgehead atoms. The monoisotopic (exact) mass is 277 g/mol. The van der Waals surface area contributed by atoms with Crippen LogP contribution >= 0.6 is 11.8 Å². The van der Waals surface area contributed by atoms with Crippen molar-refractivity contribution in [2.45, 2.75) is 24.2 Å². The maximum Gasteiger partial charge on any atom is 0.393 e. The first-order chi connectivity index (χ1) is 8.50. The minimum Gasteiger partial charge on any atom is -0.356 e. The summed E-state index contributed by atoms with van der Waals surface area (Å²) in [7, 11) is 0. The summed E-state index contributed by atoms with van der Waals surface area (Å²) in [5, 5.41) is 0.585. The molecule has 1 aliphatic rings. The zero-order valence-electron chi connectivity index (χ0n) is 9.94. The number of piperidine rings is 1. The topological polar surface area (TPSA) is 29.0 Å². The first-order valence-corrected chi connectivity index (χ1v) is 6.92. The number of hydrogen-bond acceptors (Lipinski definition) is 4. The van der Waals surface area contributed by atoms with Gasteiger partial charge in [0.15, 0.2) is 5.16 Å². The second-order valence-corrected chi connectivity index (χ2v) is 5.00. The van der Waals surface area contributed by atoms with Crippen LogP contribution in [-0.4, -0.2) is 35.5 Å². The SMILES string of the molecule is CSc1nccc(N2CCCC(C(F)(F)F)C2)n1. The van der Waals surface area contributed by atoms with Crippen molar-refractivity contribution in [3.05, 3.63) is 12.3 Å². The lowest BCUT2D eigenvalue weighted by Gasteiger charge is -2.34. The minimum absolute atomic E-state index is 0.00562.